The Hall–Kier alpha value is -3.45. The minimum Gasteiger partial charge on any atom is -0.497 e. The fourth-order valence-electron chi connectivity index (χ4n) is 4.02. The van der Waals surface area contributed by atoms with Crippen LogP contribution in [0.5, 0.6) is 5.75 Å². The molecule has 0 fully saturated rings. The van der Waals surface area contributed by atoms with Gasteiger partial charge in [-0.25, -0.2) is 9.79 Å². The summed E-state index contributed by atoms with van der Waals surface area (Å²) < 4.78 is 12.5. The van der Waals surface area contributed by atoms with E-state index in [1.165, 1.54) is 24.0 Å². The van der Waals surface area contributed by atoms with Crippen molar-refractivity contribution in [3.63, 3.8) is 0 Å². The van der Waals surface area contributed by atoms with Gasteiger partial charge in [-0.3, -0.25) is 9.36 Å². The van der Waals surface area contributed by atoms with E-state index in [4.69, 9.17) is 9.47 Å². The number of nitrogens with zero attached hydrogens (tertiary/aromatic N) is 2. The number of hydrogen-bond acceptors (Lipinski definition) is 6. The van der Waals surface area contributed by atoms with E-state index in [-0.39, 0.29) is 11.0 Å². The van der Waals surface area contributed by atoms with Crippen LogP contribution in [0.3, 0.4) is 0 Å². The molecule has 0 amide bonds. The highest BCUT2D eigenvalue weighted by Gasteiger charge is 2.33. The van der Waals surface area contributed by atoms with Crippen LogP contribution in [0.2, 0.25) is 0 Å². The molecule has 6 nitrogen and oxygen atoms in total. The zero-order chi connectivity index (χ0) is 24.6. The number of benzene rings is 2. The van der Waals surface area contributed by atoms with Crippen LogP contribution in [0.1, 0.15) is 50.4 Å². The number of carbonyl (C=O) groups is 1. The normalized spacial score (nSPS) is 16.2. The molecule has 0 spiro atoms. The van der Waals surface area contributed by atoms with Gasteiger partial charge in [-0.15, -0.1) is 0 Å². The van der Waals surface area contributed by atoms with E-state index in [1.54, 1.807) is 18.6 Å². The van der Waals surface area contributed by atoms with Gasteiger partial charge >= 0.3 is 5.97 Å². The molecule has 34 heavy (non-hydrogen) atoms. The van der Waals surface area contributed by atoms with E-state index in [1.807, 2.05) is 42.5 Å². The van der Waals surface area contributed by atoms with Crippen molar-refractivity contribution in [2.75, 3.05) is 14.2 Å². The molecule has 1 aliphatic rings. The van der Waals surface area contributed by atoms with Gasteiger partial charge in [-0.1, -0.05) is 68.5 Å². The lowest BCUT2D eigenvalue weighted by atomic mass is 9.87. The molecule has 176 valence electrons. The zero-order valence-electron chi connectivity index (χ0n) is 20.2. The second-order valence-electron chi connectivity index (χ2n) is 9.22. The number of ether oxygens (including phenoxy) is 2. The molecule has 1 aliphatic heterocycles. The lowest BCUT2D eigenvalue weighted by molar-refractivity contribution is -0.136. The van der Waals surface area contributed by atoms with Crippen molar-refractivity contribution >= 4 is 23.4 Å². The first-order chi connectivity index (χ1) is 16.1. The van der Waals surface area contributed by atoms with Crippen molar-refractivity contribution in [1.29, 1.82) is 0 Å². The van der Waals surface area contributed by atoms with Crippen LogP contribution in [0.15, 0.2) is 69.6 Å². The van der Waals surface area contributed by atoms with E-state index in [0.717, 1.165) is 11.1 Å². The lowest BCUT2D eigenvalue weighted by Crippen LogP contribution is -2.39. The summed E-state index contributed by atoms with van der Waals surface area (Å²) in [6.07, 6.45) is 1.87. The number of aromatic nitrogens is 1. The van der Waals surface area contributed by atoms with Crippen molar-refractivity contribution in [3.8, 4) is 5.75 Å². The first kappa shape index (κ1) is 23.7. The van der Waals surface area contributed by atoms with Crippen molar-refractivity contribution in [1.82, 2.24) is 4.57 Å². The fourth-order valence-corrected chi connectivity index (χ4v) is 5.07. The molecule has 2 aromatic carbocycles. The molecule has 0 N–H and O–H groups in total. The third-order valence-corrected chi connectivity index (χ3v) is 6.92. The van der Waals surface area contributed by atoms with Gasteiger partial charge < -0.3 is 9.47 Å². The first-order valence-electron chi connectivity index (χ1n) is 11.0. The molecular weight excluding hydrogens is 448 g/mol. The number of methoxy groups -OCH3 is 2. The molecule has 4 rings (SSSR count). The van der Waals surface area contributed by atoms with Crippen LogP contribution >= 0.6 is 11.3 Å². The molecular formula is C27H28N2O4S. The minimum absolute atomic E-state index is 0.0536. The molecule has 0 radical (unpaired) electrons. The van der Waals surface area contributed by atoms with E-state index in [0.29, 0.717) is 26.4 Å². The Labute approximate surface area is 202 Å². The SMILES string of the molecule is COC(=O)C1=C(C)N=c2s/c(=C/c3ccc(C(C)(C)C)cc3)c(=O)n2C1c1ccc(OC)cc1. The molecule has 0 aliphatic carbocycles. The summed E-state index contributed by atoms with van der Waals surface area (Å²) >= 11 is 1.31. The predicted molar refractivity (Wildman–Crippen MR) is 134 cm³/mol. The maximum Gasteiger partial charge on any atom is 0.338 e. The maximum absolute atomic E-state index is 13.6. The summed E-state index contributed by atoms with van der Waals surface area (Å²) in [6, 6.07) is 14.9. The largest absolute Gasteiger partial charge is 0.497 e. The molecule has 0 saturated carbocycles. The highest BCUT2D eigenvalue weighted by Crippen LogP contribution is 2.31. The Bertz CT molecular complexity index is 1440. The van der Waals surface area contributed by atoms with Crippen molar-refractivity contribution in [3.05, 3.63) is 96.2 Å². The number of fused-ring (bicyclic) bond motifs is 1. The Morgan fingerprint density at radius 2 is 1.71 bits per heavy atom. The summed E-state index contributed by atoms with van der Waals surface area (Å²) in [6.45, 7) is 8.27. The molecule has 2 heterocycles. The number of esters is 1. The quantitative estimate of drug-likeness (QED) is 0.539. The molecule has 7 heteroatoms. The highest BCUT2D eigenvalue weighted by molar-refractivity contribution is 7.07. The third kappa shape index (κ3) is 4.35. The van der Waals surface area contributed by atoms with Gasteiger partial charge in [0.05, 0.1) is 36.1 Å². The number of carbonyl (C=O) groups excluding carboxylic acids is 1. The van der Waals surface area contributed by atoms with E-state index >= 15 is 0 Å². The zero-order valence-corrected chi connectivity index (χ0v) is 21.0. The van der Waals surface area contributed by atoms with Crippen LogP contribution in [-0.2, 0) is 14.9 Å². The Morgan fingerprint density at radius 3 is 2.26 bits per heavy atom. The fraction of sp³-hybridized carbons (Fsp3) is 0.296. The summed E-state index contributed by atoms with van der Waals surface area (Å²) in [5.74, 6) is 0.185. The van der Waals surface area contributed by atoms with Crippen LogP contribution in [0, 0.1) is 0 Å². The second-order valence-corrected chi connectivity index (χ2v) is 10.2. The molecule has 0 saturated heterocycles. The number of allylic oxidation sites excluding steroid dienone is 1. The Kier molecular flexibility index (Phi) is 6.32. The summed E-state index contributed by atoms with van der Waals surface area (Å²) in [5.41, 5.74) is 3.68. The van der Waals surface area contributed by atoms with Crippen molar-refractivity contribution in [2.45, 2.75) is 39.2 Å². The van der Waals surface area contributed by atoms with Gasteiger partial charge in [0.15, 0.2) is 4.80 Å². The number of rotatable bonds is 4. The van der Waals surface area contributed by atoms with E-state index in [9.17, 15) is 9.59 Å². The summed E-state index contributed by atoms with van der Waals surface area (Å²) in [4.78, 5) is 31.5. The van der Waals surface area contributed by atoms with E-state index < -0.39 is 12.0 Å². The maximum atomic E-state index is 13.6. The summed E-state index contributed by atoms with van der Waals surface area (Å²) in [5, 5.41) is 0. The number of hydrogen-bond donors (Lipinski definition) is 0. The average Bonchev–Trinajstić information content (AvgIpc) is 3.12. The van der Waals surface area contributed by atoms with Crippen LogP contribution in [0.25, 0.3) is 6.08 Å². The van der Waals surface area contributed by atoms with Crippen molar-refractivity contribution < 1.29 is 14.3 Å². The van der Waals surface area contributed by atoms with Gasteiger partial charge in [-0.05, 0) is 47.2 Å². The van der Waals surface area contributed by atoms with Gasteiger partial charge in [-0.2, -0.15) is 0 Å². The smallest absolute Gasteiger partial charge is 0.338 e. The molecule has 1 unspecified atom stereocenters. The summed E-state index contributed by atoms with van der Waals surface area (Å²) in [7, 11) is 2.93. The lowest BCUT2D eigenvalue weighted by Gasteiger charge is -2.24. The Morgan fingerprint density at radius 1 is 1.06 bits per heavy atom. The average molecular weight is 477 g/mol. The van der Waals surface area contributed by atoms with E-state index in [2.05, 4.69) is 37.9 Å². The van der Waals surface area contributed by atoms with Gasteiger partial charge in [0.2, 0.25) is 0 Å². The Balaban J connectivity index is 1.88. The molecule has 1 aromatic heterocycles. The monoisotopic (exact) mass is 476 g/mol. The van der Waals surface area contributed by atoms with Crippen molar-refractivity contribution in [2.24, 2.45) is 4.99 Å². The highest BCUT2D eigenvalue weighted by atomic mass is 32.1. The van der Waals surface area contributed by atoms with Gasteiger partial charge in [0.25, 0.3) is 5.56 Å². The van der Waals surface area contributed by atoms with Gasteiger partial charge in [0.1, 0.15) is 5.75 Å². The number of thiazole rings is 1. The van der Waals surface area contributed by atoms with Crippen LogP contribution < -0.4 is 19.6 Å². The topological polar surface area (TPSA) is 69.9 Å². The van der Waals surface area contributed by atoms with Crippen LogP contribution in [0.4, 0.5) is 0 Å². The molecule has 0 bridgehead atoms. The molecule has 1 atom stereocenters. The van der Waals surface area contributed by atoms with Gasteiger partial charge in [0, 0.05) is 0 Å². The second kappa shape index (κ2) is 9.06. The third-order valence-electron chi connectivity index (χ3n) is 5.93. The predicted octanol–water partition coefficient (Wildman–Crippen LogP) is 3.71. The van der Waals surface area contributed by atoms with Crippen LogP contribution in [-0.4, -0.2) is 24.8 Å². The minimum atomic E-state index is -0.639. The molecule has 3 aromatic rings. The first-order valence-corrected chi connectivity index (χ1v) is 11.8. The standard InChI is InChI=1S/C27H28N2O4S/c1-16-22(25(31)33-6)23(18-9-13-20(32-5)14-10-18)29-24(30)21(34-26(29)28-16)15-17-7-11-19(12-8-17)27(2,3)4/h7-15,23H,1-6H3/b21-15+.